The topological polar surface area (TPSA) is 97.9 Å². The van der Waals surface area contributed by atoms with Crippen LogP contribution >= 0.6 is 0 Å². The summed E-state index contributed by atoms with van der Waals surface area (Å²) in [5, 5.41) is 14.7. The second-order valence-corrected chi connectivity index (χ2v) is 7.03. The number of nitrogens with one attached hydrogen (secondary N) is 2. The van der Waals surface area contributed by atoms with Gasteiger partial charge in [0.25, 0.3) is 11.8 Å². The van der Waals surface area contributed by atoms with Crippen LogP contribution in [0.3, 0.4) is 0 Å². The minimum absolute atomic E-state index is 0.234. The van der Waals surface area contributed by atoms with Crippen molar-refractivity contribution >= 4 is 11.6 Å². The average Bonchev–Trinajstić information content (AvgIpc) is 3.40. The molecule has 4 rings (SSSR count). The number of hydrogen-bond acceptors (Lipinski definition) is 6. The quantitative estimate of drug-likeness (QED) is 0.706. The molecule has 1 amide bonds. The van der Waals surface area contributed by atoms with Crippen molar-refractivity contribution in [1.82, 2.24) is 25.2 Å². The van der Waals surface area contributed by atoms with Crippen molar-refractivity contribution in [2.24, 2.45) is 0 Å². The zero-order chi connectivity index (χ0) is 19.5. The number of nitrogens with zero attached hydrogens (tertiary/aromatic N) is 4. The van der Waals surface area contributed by atoms with E-state index in [9.17, 15) is 4.79 Å². The molecule has 146 valence electrons. The van der Waals surface area contributed by atoms with Crippen LogP contribution in [0.15, 0.2) is 35.0 Å². The minimum Gasteiger partial charge on any atom is -0.334 e. The molecule has 8 heteroatoms. The van der Waals surface area contributed by atoms with E-state index in [1.165, 1.54) is 0 Å². The molecule has 28 heavy (non-hydrogen) atoms. The summed E-state index contributed by atoms with van der Waals surface area (Å²) in [7, 11) is 0. The number of rotatable bonds is 5. The molecule has 0 bridgehead atoms. The highest BCUT2D eigenvalue weighted by molar-refractivity contribution is 6.03. The normalized spacial score (nSPS) is 16.9. The van der Waals surface area contributed by atoms with E-state index in [0.29, 0.717) is 35.6 Å². The van der Waals surface area contributed by atoms with Crippen LogP contribution in [-0.4, -0.2) is 38.9 Å². The van der Waals surface area contributed by atoms with Crippen LogP contribution in [0, 0.1) is 6.92 Å². The minimum atomic E-state index is -0.234. The maximum atomic E-state index is 12.7. The number of carbonyl (C=O) groups excluding carboxylic acids is 1. The summed E-state index contributed by atoms with van der Waals surface area (Å²) in [5.74, 6) is 0.868. The predicted octanol–water partition coefficient (Wildman–Crippen LogP) is 2.98. The third-order valence-electron chi connectivity index (χ3n) is 5.00. The summed E-state index contributed by atoms with van der Waals surface area (Å²) < 4.78 is 7.19. The molecule has 3 aromatic rings. The van der Waals surface area contributed by atoms with Gasteiger partial charge >= 0.3 is 0 Å². The Bertz CT molecular complexity index is 971. The lowest BCUT2D eigenvalue weighted by atomic mass is 10.1. The highest BCUT2D eigenvalue weighted by Crippen LogP contribution is 2.25. The molecule has 2 N–H and O–H groups in total. The molecular weight excluding hydrogens is 356 g/mol. The molecular formula is C20H24N6O2. The number of aryl methyl sites for hydroxylation is 2. The van der Waals surface area contributed by atoms with E-state index in [0.717, 1.165) is 37.1 Å². The number of benzene rings is 1. The van der Waals surface area contributed by atoms with Crippen LogP contribution in [0.25, 0.3) is 11.5 Å². The van der Waals surface area contributed by atoms with E-state index in [1.807, 2.05) is 42.9 Å². The Morgan fingerprint density at radius 3 is 3.04 bits per heavy atom. The first-order valence-corrected chi connectivity index (χ1v) is 9.65. The number of amides is 1. The number of anilines is 1. The first-order chi connectivity index (χ1) is 13.6. The van der Waals surface area contributed by atoms with Gasteiger partial charge in [-0.25, -0.2) is 0 Å². The van der Waals surface area contributed by atoms with Crippen molar-refractivity contribution in [3.05, 3.63) is 47.5 Å². The SMILES string of the molecule is CCc1noc(-c2ccc(C)c(NC(=O)c3ccn(C4CCCNC4)n3)c2)n1. The van der Waals surface area contributed by atoms with Gasteiger partial charge in [-0.1, -0.05) is 18.1 Å². The summed E-state index contributed by atoms with van der Waals surface area (Å²) in [6.07, 6.45) is 4.77. The van der Waals surface area contributed by atoms with Crippen molar-refractivity contribution in [1.29, 1.82) is 0 Å². The number of carbonyl (C=O) groups is 1. The fourth-order valence-corrected chi connectivity index (χ4v) is 3.31. The Morgan fingerprint density at radius 2 is 2.29 bits per heavy atom. The van der Waals surface area contributed by atoms with E-state index < -0.39 is 0 Å². The zero-order valence-corrected chi connectivity index (χ0v) is 16.1. The van der Waals surface area contributed by atoms with E-state index in [4.69, 9.17) is 4.52 Å². The molecule has 0 radical (unpaired) electrons. The van der Waals surface area contributed by atoms with Gasteiger partial charge in [-0.15, -0.1) is 0 Å². The molecule has 3 heterocycles. The van der Waals surface area contributed by atoms with E-state index in [2.05, 4.69) is 25.9 Å². The second kappa shape index (κ2) is 7.93. The van der Waals surface area contributed by atoms with Crippen LogP contribution in [-0.2, 0) is 6.42 Å². The lowest BCUT2D eigenvalue weighted by Gasteiger charge is -2.22. The maximum Gasteiger partial charge on any atom is 0.276 e. The van der Waals surface area contributed by atoms with E-state index in [1.54, 1.807) is 6.07 Å². The van der Waals surface area contributed by atoms with Crippen molar-refractivity contribution in [3.63, 3.8) is 0 Å². The Kier molecular flexibility index (Phi) is 5.21. The van der Waals surface area contributed by atoms with Gasteiger partial charge in [-0.05, 0) is 50.1 Å². The zero-order valence-electron chi connectivity index (χ0n) is 16.1. The molecule has 0 spiro atoms. The lowest BCUT2D eigenvalue weighted by molar-refractivity contribution is 0.102. The van der Waals surface area contributed by atoms with Crippen LogP contribution in [0.4, 0.5) is 5.69 Å². The van der Waals surface area contributed by atoms with Gasteiger partial charge in [0.1, 0.15) is 0 Å². The van der Waals surface area contributed by atoms with Crippen LogP contribution in [0.1, 0.15) is 47.7 Å². The van der Waals surface area contributed by atoms with Gasteiger partial charge in [0, 0.05) is 30.4 Å². The van der Waals surface area contributed by atoms with Crippen molar-refractivity contribution < 1.29 is 9.32 Å². The first-order valence-electron chi connectivity index (χ1n) is 9.65. The van der Waals surface area contributed by atoms with Gasteiger partial charge in [-0.2, -0.15) is 10.1 Å². The van der Waals surface area contributed by atoms with Gasteiger partial charge in [-0.3, -0.25) is 9.48 Å². The Labute approximate surface area is 163 Å². The summed E-state index contributed by atoms with van der Waals surface area (Å²) in [5.41, 5.74) is 2.82. The van der Waals surface area contributed by atoms with Gasteiger partial charge in [0.05, 0.1) is 6.04 Å². The van der Waals surface area contributed by atoms with Crippen LogP contribution in [0.5, 0.6) is 0 Å². The maximum absolute atomic E-state index is 12.7. The molecule has 1 aliphatic rings. The molecule has 1 aromatic carbocycles. The molecule has 1 atom stereocenters. The highest BCUT2D eigenvalue weighted by Gasteiger charge is 2.18. The summed E-state index contributed by atoms with van der Waals surface area (Å²) in [6.45, 7) is 5.84. The van der Waals surface area contributed by atoms with Crippen molar-refractivity contribution in [2.75, 3.05) is 18.4 Å². The van der Waals surface area contributed by atoms with Gasteiger partial charge < -0.3 is 15.2 Å². The standard InChI is InChI=1S/C20H24N6O2/c1-3-18-23-20(28-25-18)14-7-6-13(2)17(11-14)22-19(27)16-8-10-26(24-16)15-5-4-9-21-12-15/h6-8,10-11,15,21H,3-5,9,12H2,1-2H3,(H,22,27). The third-order valence-corrected chi connectivity index (χ3v) is 5.00. The van der Waals surface area contributed by atoms with Crippen molar-refractivity contribution in [3.8, 4) is 11.5 Å². The van der Waals surface area contributed by atoms with Crippen LogP contribution in [0.2, 0.25) is 0 Å². The van der Waals surface area contributed by atoms with Crippen LogP contribution < -0.4 is 10.6 Å². The largest absolute Gasteiger partial charge is 0.334 e. The average molecular weight is 380 g/mol. The molecule has 2 aromatic heterocycles. The fourth-order valence-electron chi connectivity index (χ4n) is 3.31. The summed E-state index contributed by atoms with van der Waals surface area (Å²) in [4.78, 5) is 17.1. The number of aromatic nitrogens is 4. The third kappa shape index (κ3) is 3.82. The highest BCUT2D eigenvalue weighted by atomic mass is 16.5. The smallest absolute Gasteiger partial charge is 0.276 e. The first kappa shape index (κ1) is 18.4. The summed E-state index contributed by atoms with van der Waals surface area (Å²) >= 11 is 0. The number of hydrogen-bond donors (Lipinski definition) is 2. The molecule has 1 unspecified atom stereocenters. The van der Waals surface area contributed by atoms with Gasteiger partial charge in [0.2, 0.25) is 0 Å². The number of piperidine rings is 1. The van der Waals surface area contributed by atoms with Gasteiger partial charge in [0.15, 0.2) is 11.5 Å². The molecule has 1 aliphatic heterocycles. The Morgan fingerprint density at radius 1 is 1.39 bits per heavy atom. The summed E-state index contributed by atoms with van der Waals surface area (Å²) in [6, 6.07) is 7.73. The lowest BCUT2D eigenvalue weighted by Crippen LogP contribution is -2.32. The monoisotopic (exact) mass is 380 g/mol. The molecule has 1 fully saturated rings. The predicted molar refractivity (Wildman–Crippen MR) is 105 cm³/mol. The molecule has 8 nitrogen and oxygen atoms in total. The van der Waals surface area contributed by atoms with Crippen molar-refractivity contribution in [2.45, 2.75) is 39.2 Å². The van der Waals surface area contributed by atoms with E-state index in [-0.39, 0.29) is 5.91 Å². The molecule has 0 saturated carbocycles. The van der Waals surface area contributed by atoms with E-state index >= 15 is 0 Å². The Balaban J connectivity index is 1.51. The fraction of sp³-hybridized carbons (Fsp3) is 0.400. The second-order valence-electron chi connectivity index (χ2n) is 7.03. The molecule has 0 aliphatic carbocycles. The molecule has 1 saturated heterocycles. The Hall–Kier alpha value is -3.00.